The Morgan fingerprint density at radius 3 is 2.69 bits per heavy atom. The van der Waals surface area contributed by atoms with Crippen molar-refractivity contribution in [2.45, 2.75) is 44.3 Å². The van der Waals surface area contributed by atoms with Gasteiger partial charge in [0.1, 0.15) is 9.84 Å². The minimum atomic E-state index is -2.87. The van der Waals surface area contributed by atoms with Gasteiger partial charge in [-0.05, 0) is 38.5 Å². The highest BCUT2D eigenvalue weighted by atomic mass is 35.5. The number of alkyl halides is 1. The summed E-state index contributed by atoms with van der Waals surface area (Å²) in [5.41, 5.74) is 1.31. The van der Waals surface area contributed by atoms with E-state index in [4.69, 9.17) is 11.6 Å². The highest BCUT2D eigenvalue weighted by molar-refractivity contribution is 7.91. The maximum atomic E-state index is 11.5. The topological polar surface area (TPSA) is 34.1 Å². The van der Waals surface area contributed by atoms with Gasteiger partial charge in [0.2, 0.25) is 0 Å². The molecule has 0 amide bonds. The van der Waals surface area contributed by atoms with Gasteiger partial charge in [0.25, 0.3) is 0 Å². The molecule has 1 aliphatic rings. The molecular formula is C12H21ClO2S. The van der Waals surface area contributed by atoms with Gasteiger partial charge in [-0.1, -0.05) is 18.1 Å². The van der Waals surface area contributed by atoms with Crippen molar-refractivity contribution in [3.05, 3.63) is 11.6 Å². The molecule has 0 spiro atoms. The largest absolute Gasteiger partial charge is 0.229 e. The predicted molar refractivity (Wildman–Crippen MR) is 69.7 cm³/mol. The zero-order valence-electron chi connectivity index (χ0n) is 10.1. The predicted octanol–water partition coefficient (Wildman–Crippen LogP) is 3.17. The van der Waals surface area contributed by atoms with Crippen LogP contribution in [0.1, 0.15) is 39.0 Å². The van der Waals surface area contributed by atoms with Gasteiger partial charge < -0.3 is 0 Å². The molecule has 0 aromatic heterocycles. The van der Waals surface area contributed by atoms with E-state index in [0.717, 1.165) is 32.1 Å². The van der Waals surface area contributed by atoms with E-state index in [9.17, 15) is 8.42 Å². The van der Waals surface area contributed by atoms with Crippen molar-refractivity contribution in [2.75, 3.05) is 12.1 Å². The van der Waals surface area contributed by atoms with Crippen molar-refractivity contribution in [3.8, 4) is 0 Å². The van der Waals surface area contributed by atoms with E-state index in [1.807, 2.05) is 0 Å². The van der Waals surface area contributed by atoms with Crippen molar-refractivity contribution in [1.29, 1.82) is 0 Å². The summed E-state index contributed by atoms with van der Waals surface area (Å²) < 4.78 is 23.1. The molecule has 1 fully saturated rings. The first kappa shape index (κ1) is 14.0. The number of hydrogen-bond donors (Lipinski definition) is 0. The lowest BCUT2D eigenvalue weighted by atomic mass is 9.84. The number of rotatable bonds is 4. The minimum absolute atomic E-state index is 0.134. The molecule has 0 N–H and O–H groups in total. The molecule has 4 heteroatoms. The van der Waals surface area contributed by atoms with Crippen LogP contribution in [-0.2, 0) is 9.84 Å². The van der Waals surface area contributed by atoms with E-state index in [2.05, 4.69) is 13.0 Å². The van der Waals surface area contributed by atoms with Crippen LogP contribution in [0, 0.1) is 5.92 Å². The Hall–Kier alpha value is -0.0200. The molecule has 1 aliphatic carbocycles. The monoisotopic (exact) mass is 264 g/mol. The molecule has 0 heterocycles. The summed E-state index contributed by atoms with van der Waals surface area (Å²) in [6.07, 6.45) is 8.17. The van der Waals surface area contributed by atoms with Crippen molar-refractivity contribution in [2.24, 2.45) is 5.92 Å². The second kappa shape index (κ2) is 6.06. The van der Waals surface area contributed by atoms with Gasteiger partial charge in [-0.25, -0.2) is 8.42 Å². The smallest absolute Gasteiger partial charge is 0.150 e. The highest BCUT2D eigenvalue weighted by Crippen LogP contribution is 2.33. The third-order valence-corrected chi connectivity index (χ3v) is 5.31. The molecule has 0 aliphatic heterocycles. The third-order valence-electron chi connectivity index (χ3n) is 3.45. The average molecular weight is 265 g/mol. The molecule has 94 valence electrons. The van der Waals surface area contributed by atoms with Crippen LogP contribution in [0.15, 0.2) is 11.6 Å². The van der Waals surface area contributed by atoms with E-state index < -0.39 is 9.84 Å². The molecule has 2 nitrogen and oxygen atoms in total. The zero-order valence-corrected chi connectivity index (χ0v) is 11.6. The fourth-order valence-corrected chi connectivity index (χ4v) is 3.68. The van der Waals surface area contributed by atoms with Gasteiger partial charge in [0.05, 0.1) is 5.25 Å². The summed E-state index contributed by atoms with van der Waals surface area (Å²) in [5.74, 6) is 1.08. The lowest BCUT2D eigenvalue weighted by Gasteiger charge is -2.28. The van der Waals surface area contributed by atoms with Crippen molar-refractivity contribution >= 4 is 21.4 Å². The molecule has 2 unspecified atom stereocenters. The van der Waals surface area contributed by atoms with Gasteiger partial charge in [-0.2, -0.15) is 0 Å². The minimum Gasteiger partial charge on any atom is -0.229 e. The molecule has 16 heavy (non-hydrogen) atoms. The summed E-state index contributed by atoms with van der Waals surface area (Å²) in [6.45, 7) is 2.10. The Balaban J connectivity index is 2.64. The molecule has 0 aromatic rings. The average Bonchev–Trinajstić information content (AvgIpc) is 2.25. The van der Waals surface area contributed by atoms with Crippen LogP contribution >= 0.6 is 11.6 Å². The summed E-state index contributed by atoms with van der Waals surface area (Å²) in [7, 11) is -2.87. The van der Waals surface area contributed by atoms with Crippen molar-refractivity contribution in [1.82, 2.24) is 0 Å². The second-order valence-corrected chi connectivity index (χ2v) is 7.44. The van der Waals surface area contributed by atoms with Crippen molar-refractivity contribution < 1.29 is 8.42 Å². The quantitative estimate of drug-likeness (QED) is 0.577. The first-order valence-corrected chi connectivity index (χ1v) is 8.35. The maximum absolute atomic E-state index is 11.5. The van der Waals surface area contributed by atoms with E-state index in [0.29, 0.717) is 11.8 Å². The Morgan fingerprint density at radius 2 is 2.12 bits per heavy atom. The lowest BCUT2D eigenvalue weighted by Crippen LogP contribution is -2.27. The van der Waals surface area contributed by atoms with Gasteiger partial charge >= 0.3 is 0 Å². The lowest BCUT2D eigenvalue weighted by molar-refractivity contribution is 0.399. The first-order valence-electron chi connectivity index (χ1n) is 5.86. The van der Waals surface area contributed by atoms with Gasteiger partial charge in [0, 0.05) is 12.1 Å². The van der Waals surface area contributed by atoms with E-state index >= 15 is 0 Å². The summed E-state index contributed by atoms with van der Waals surface area (Å²) in [6, 6.07) is 0. The summed E-state index contributed by atoms with van der Waals surface area (Å²) in [5, 5.41) is -0.134. The molecule has 0 saturated heterocycles. The van der Waals surface area contributed by atoms with Crippen LogP contribution in [0.4, 0.5) is 0 Å². The molecule has 2 atom stereocenters. The van der Waals surface area contributed by atoms with Crippen LogP contribution in [-0.4, -0.2) is 25.8 Å². The van der Waals surface area contributed by atoms with E-state index in [-0.39, 0.29) is 5.25 Å². The van der Waals surface area contributed by atoms with Crippen LogP contribution in [0.5, 0.6) is 0 Å². The van der Waals surface area contributed by atoms with Crippen LogP contribution < -0.4 is 0 Å². The number of hydrogen-bond acceptors (Lipinski definition) is 2. The number of allylic oxidation sites excluding steroid dienone is 2. The highest BCUT2D eigenvalue weighted by Gasteiger charge is 2.29. The molecule has 1 saturated carbocycles. The normalized spacial score (nSPS) is 28.1. The Bertz CT molecular complexity index is 346. The molecular weight excluding hydrogens is 244 g/mol. The molecule has 1 rings (SSSR count). The molecule has 0 aromatic carbocycles. The second-order valence-electron chi connectivity index (χ2n) is 4.74. The maximum Gasteiger partial charge on any atom is 0.150 e. The number of sulfone groups is 1. The van der Waals surface area contributed by atoms with E-state index in [1.54, 1.807) is 0 Å². The van der Waals surface area contributed by atoms with Crippen LogP contribution in [0.3, 0.4) is 0 Å². The zero-order chi connectivity index (χ0) is 12.2. The molecule has 0 bridgehead atoms. The Morgan fingerprint density at radius 1 is 1.44 bits per heavy atom. The van der Waals surface area contributed by atoms with Crippen molar-refractivity contribution in [3.63, 3.8) is 0 Å². The third kappa shape index (κ3) is 4.10. The fraction of sp³-hybridized carbons (Fsp3) is 0.833. The first-order chi connectivity index (χ1) is 7.45. The van der Waals surface area contributed by atoms with Gasteiger partial charge in [-0.3, -0.25) is 0 Å². The SMILES string of the molecule is CC(=CCCCl)C1CCCC(S(C)(=O)=O)C1. The summed E-state index contributed by atoms with van der Waals surface area (Å²) in [4.78, 5) is 0. The Labute approximate surface area is 104 Å². The fourth-order valence-electron chi connectivity index (χ4n) is 2.40. The summed E-state index contributed by atoms with van der Waals surface area (Å²) >= 11 is 5.65. The Kier molecular flexibility index (Phi) is 5.32. The standard InChI is InChI=1S/C12H21ClO2S/c1-10(5-4-8-13)11-6-3-7-12(9-11)16(2,14)15/h5,11-12H,3-4,6-9H2,1-2H3. The van der Waals surface area contributed by atoms with Gasteiger partial charge in [-0.15, -0.1) is 11.6 Å². The van der Waals surface area contributed by atoms with Gasteiger partial charge in [0.15, 0.2) is 0 Å². The van der Waals surface area contributed by atoms with E-state index in [1.165, 1.54) is 11.8 Å². The van der Waals surface area contributed by atoms with Crippen LogP contribution in [0.25, 0.3) is 0 Å². The molecule has 0 radical (unpaired) electrons. The van der Waals surface area contributed by atoms with Crippen LogP contribution in [0.2, 0.25) is 0 Å². The number of halogens is 1.